The Balaban J connectivity index is 0.00000225. The Labute approximate surface area is 153 Å². The zero-order valence-corrected chi connectivity index (χ0v) is 15.4. The van der Waals surface area contributed by atoms with Gasteiger partial charge in [0.1, 0.15) is 17.1 Å². The Kier molecular flexibility index (Phi) is 5.59. The molecule has 0 radical (unpaired) electrons. The molecule has 0 atom stereocenters. The third-order valence-electron chi connectivity index (χ3n) is 4.25. The van der Waals surface area contributed by atoms with E-state index in [4.69, 9.17) is 19.7 Å². The van der Waals surface area contributed by atoms with Gasteiger partial charge in [0.2, 0.25) is 12.0 Å². The quantitative estimate of drug-likeness (QED) is 0.693. The summed E-state index contributed by atoms with van der Waals surface area (Å²) in [5, 5.41) is 2.83. The van der Waals surface area contributed by atoms with Crippen molar-refractivity contribution in [2.45, 2.75) is 13.8 Å². The van der Waals surface area contributed by atoms with E-state index in [0.717, 1.165) is 39.3 Å². The average Bonchev–Trinajstić information content (AvgIpc) is 3.06. The summed E-state index contributed by atoms with van der Waals surface area (Å²) in [5.74, 6) is 2.23. The summed E-state index contributed by atoms with van der Waals surface area (Å²) in [6.45, 7) is 4.09. The number of rotatable bonds is 4. The van der Waals surface area contributed by atoms with Crippen LogP contribution in [-0.2, 0) is 0 Å². The normalized spacial score (nSPS) is 10.2. The molecule has 3 rings (SSSR count). The molecule has 0 saturated carbocycles. The maximum absolute atomic E-state index is 6.03. The lowest BCUT2D eigenvalue weighted by Gasteiger charge is -2.10. The summed E-state index contributed by atoms with van der Waals surface area (Å²) in [4.78, 5) is 0. The monoisotopic (exact) mass is 360 g/mol. The summed E-state index contributed by atoms with van der Waals surface area (Å²) >= 11 is 0. The van der Waals surface area contributed by atoms with Crippen LogP contribution in [0.15, 0.2) is 41.1 Å². The van der Waals surface area contributed by atoms with Gasteiger partial charge in [-0.15, -0.1) is 0 Å². The molecule has 0 saturated heterocycles. The van der Waals surface area contributed by atoms with Gasteiger partial charge in [-0.25, -0.2) is 4.52 Å². The van der Waals surface area contributed by atoms with Crippen LogP contribution in [0.4, 0.5) is 5.69 Å². The first-order valence-corrected chi connectivity index (χ1v) is 7.64. The highest BCUT2D eigenvalue weighted by molar-refractivity contribution is 5.81. The Morgan fingerprint density at radius 3 is 2.32 bits per heavy atom. The predicted molar refractivity (Wildman–Crippen MR) is 93.1 cm³/mol. The Bertz CT molecular complexity index is 890. The lowest BCUT2D eigenvalue weighted by molar-refractivity contribution is -0.606. The summed E-state index contributed by atoms with van der Waals surface area (Å²) in [5.41, 5.74) is 11.7. The van der Waals surface area contributed by atoms with Crippen molar-refractivity contribution in [2.24, 2.45) is 0 Å². The minimum absolute atomic E-state index is 0. The predicted octanol–water partition coefficient (Wildman–Crippen LogP) is 0.648. The van der Waals surface area contributed by atoms with E-state index in [1.165, 1.54) is 0 Å². The Morgan fingerprint density at radius 1 is 0.960 bits per heavy atom. The molecule has 5 nitrogen and oxygen atoms in total. The number of hydrogen-bond acceptors (Lipinski definition) is 4. The number of methoxy groups -OCH3 is 2. The van der Waals surface area contributed by atoms with Crippen molar-refractivity contribution in [3.63, 3.8) is 0 Å². The number of benzene rings is 2. The van der Waals surface area contributed by atoms with Gasteiger partial charge in [0.05, 0.1) is 19.9 Å². The van der Waals surface area contributed by atoms with E-state index in [-0.39, 0.29) is 12.4 Å². The van der Waals surface area contributed by atoms with Gasteiger partial charge in [0.25, 0.3) is 0 Å². The number of aryl methyl sites for hydroxylation is 1. The van der Waals surface area contributed by atoms with Gasteiger partial charge in [-0.3, -0.25) is 0 Å². The number of hydrogen-bond donors (Lipinski definition) is 1. The Hall–Kier alpha value is -2.66. The van der Waals surface area contributed by atoms with Crippen LogP contribution in [0.5, 0.6) is 11.5 Å². The van der Waals surface area contributed by atoms with Crippen LogP contribution in [0.2, 0.25) is 0 Å². The van der Waals surface area contributed by atoms with Crippen LogP contribution in [0.1, 0.15) is 11.1 Å². The topological polar surface area (TPSA) is 71.8 Å². The second-order valence-corrected chi connectivity index (χ2v) is 5.68. The fourth-order valence-electron chi connectivity index (χ4n) is 2.77. The number of ether oxygens (including phenoxy) is 2. The van der Waals surface area contributed by atoms with Crippen LogP contribution in [-0.4, -0.2) is 14.2 Å². The number of H-pyrrole nitrogens is 1. The molecule has 3 N–H and O–H groups in total. The van der Waals surface area contributed by atoms with E-state index >= 15 is 0 Å². The molecular formula is C19H21ClN2O3. The van der Waals surface area contributed by atoms with Crippen molar-refractivity contribution < 1.29 is 31.6 Å². The highest BCUT2D eigenvalue weighted by Crippen LogP contribution is 2.36. The standard InChI is InChI=1S/C19H20N2O3.ClH/c1-11-7-14(9-18(23-4)12(11)2)19-15(10-21-24-19)13-5-6-17(22-3)16(20)8-13;/h5-10H,20H2,1-4H3;1H. The van der Waals surface area contributed by atoms with E-state index in [2.05, 4.69) is 18.1 Å². The largest absolute Gasteiger partial charge is 1.00 e. The minimum Gasteiger partial charge on any atom is -1.00 e. The molecule has 132 valence electrons. The number of anilines is 1. The molecule has 1 aromatic heterocycles. The first kappa shape index (κ1) is 18.7. The van der Waals surface area contributed by atoms with Crippen LogP contribution in [0.25, 0.3) is 22.5 Å². The van der Waals surface area contributed by atoms with Gasteiger partial charge in [0.15, 0.2) is 0 Å². The zero-order chi connectivity index (χ0) is 17.3. The summed E-state index contributed by atoms with van der Waals surface area (Å²) in [7, 11) is 3.27. The van der Waals surface area contributed by atoms with E-state index in [0.29, 0.717) is 11.4 Å². The molecule has 2 aromatic carbocycles. The molecule has 0 aliphatic rings. The number of aromatic nitrogens is 1. The summed E-state index contributed by atoms with van der Waals surface area (Å²) < 4.78 is 16.3. The summed E-state index contributed by atoms with van der Waals surface area (Å²) in [6, 6.07) is 9.74. The van der Waals surface area contributed by atoms with Gasteiger partial charge >= 0.3 is 0 Å². The SMILES string of the molecule is COc1ccc(-c2c[nH+]oc2-c2cc(C)c(C)c(OC)c2)cc1N.[Cl-]. The van der Waals surface area contributed by atoms with Crippen LogP contribution in [0, 0.1) is 13.8 Å². The lowest BCUT2D eigenvalue weighted by Crippen LogP contribution is -3.00. The number of aromatic amines is 1. The number of nitrogens with one attached hydrogen (secondary N) is 1. The molecule has 25 heavy (non-hydrogen) atoms. The van der Waals surface area contributed by atoms with E-state index in [9.17, 15) is 0 Å². The van der Waals surface area contributed by atoms with Crippen molar-refractivity contribution >= 4 is 5.69 Å². The molecule has 1 heterocycles. The van der Waals surface area contributed by atoms with E-state index in [1.807, 2.05) is 37.4 Å². The average molecular weight is 361 g/mol. The Morgan fingerprint density at radius 2 is 1.68 bits per heavy atom. The maximum Gasteiger partial charge on any atom is 0.225 e. The molecule has 6 heteroatoms. The van der Waals surface area contributed by atoms with Crippen LogP contribution < -0.4 is 32.8 Å². The molecule has 0 amide bonds. The van der Waals surface area contributed by atoms with Crippen molar-refractivity contribution in [3.05, 3.63) is 47.7 Å². The molecule has 3 aromatic rings. The lowest BCUT2D eigenvalue weighted by atomic mass is 9.98. The number of halogens is 1. The zero-order valence-electron chi connectivity index (χ0n) is 14.6. The van der Waals surface area contributed by atoms with Crippen molar-refractivity contribution in [1.82, 2.24) is 0 Å². The number of nitrogens with two attached hydrogens (primary N) is 1. The fourth-order valence-corrected chi connectivity index (χ4v) is 2.77. The first-order chi connectivity index (χ1) is 11.5. The molecule has 0 aliphatic heterocycles. The first-order valence-electron chi connectivity index (χ1n) is 7.64. The van der Waals surface area contributed by atoms with Crippen molar-refractivity contribution in [2.75, 3.05) is 20.0 Å². The molecule has 0 fully saturated rings. The smallest absolute Gasteiger partial charge is 0.225 e. The van der Waals surface area contributed by atoms with Gasteiger partial charge in [0, 0.05) is 5.56 Å². The van der Waals surface area contributed by atoms with Gasteiger partial charge in [-0.2, -0.15) is 0 Å². The van der Waals surface area contributed by atoms with E-state index < -0.39 is 0 Å². The third-order valence-corrected chi connectivity index (χ3v) is 4.25. The number of nitrogen functional groups attached to an aromatic ring is 1. The van der Waals surface area contributed by atoms with Gasteiger partial charge in [-0.05, 0) is 60.0 Å². The molecular weight excluding hydrogens is 340 g/mol. The molecule has 0 aliphatic carbocycles. The third kappa shape index (κ3) is 3.42. The molecule has 0 unspecified atom stereocenters. The van der Waals surface area contributed by atoms with Crippen LogP contribution in [0.3, 0.4) is 0 Å². The second-order valence-electron chi connectivity index (χ2n) is 5.68. The highest BCUT2D eigenvalue weighted by atomic mass is 35.5. The fraction of sp³-hybridized carbons (Fsp3) is 0.211. The van der Waals surface area contributed by atoms with Crippen molar-refractivity contribution in [3.8, 4) is 33.9 Å². The van der Waals surface area contributed by atoms with Crippen molar-refractivity contribution in [1.29, 1.82) is 0 Å². The summed E-state index contributed by atoms with van der Waals surface area (Å²) in [6.07, 6.45) is 1.82. The highest BCUT2D eigenvalue weighted by Gasteiger charge is 2.19. The van der Waals surface area contributed by atoms with Crippen LogP contribution >= 0.6 is 0 Å². The van der Waals surface area contributed by atoms with E-state index in [1.54, 1.807) is 14.2 Å². The maximum atomic E-state index is 6.03. The van der Waals surface area contributed by atoms with Gasteiger partial charge in [-0.1, -0.05) is 6.07 Å². The minimum atomic E-state index is 0. The molecule has 0 spiro atoms. The van der Waals surface area contributed by atoms with Gasteiger partial charge < -0.3 is 27.6 Å². The second kappa shape index (κ2) is 7.49. The molecule has 0 bridgehead atoms.